The lowest BCUT2D eigenvalue weighted by molar-refractivity contribution is 0.0383. The van der Waals surface area contributed by atoms with Crippen molar-refractivity contribution in [2.45, 2.75) is 0 Å². The lowest BCUT2D eigenvalue weighted by Crippen LogP contribution is -2.41. The molecule has 37 heavy (non-hydrogen) atoms. The highest BCUT2D eigenvalue weighted by atomic mass is 16.5. The number of rotatable bonds is 9. The van der Waals surface area contributed by atoms with Gasteiger partial charge in [0, 0.05) is 68.6 Å². The van der Waals surface area contributed by atoms with Gasteiger partial charge in [-0.15, -0.1) is 0 Å². The first-order valence-corrected chi connectivity index (χ1v) is 12.8. The second-order valence-electron chi connectivity index (χ2n) is 9.08. The SMILES string of the molecule is O=C(NCCN1CCOCC1)c1ccccc1Nc1ccnc(Nc2ccc(N3CCOCC3)cc2)c1. The van der Waals surface area contributed by atoms with Gasteiger partial charge in [-0.25, -0.2) is 4.98 Å². The number of anilines is 5. The summed E-state index contributed by atoms with van der Waals surface area (Å²) in [5.41, 5.74) is 4.35. The summed E-state index contributed by atoms with van der Waals surface area (Å²) in [4.78, 5) is 22.0. The molecule has 0 bridgehead atoms. The molecule has 2 aliphatic rings. The van der Waals surface area contributed by atoms with E-state index in [-0.39, 0.29) is 5.91 Å². The Morgan fingerprint density at radius 3 is 2.35 bits per heavy atom. The molecule has 3 aromatic rings. The molecule has 3 N–H and O–H groups in total. The van der Waals surface area contributed by atoms with Crippen molar-refractivity contribution >= 4 is 34.5 Å². The standard InChI is InChI=1S/C28H34N6O3/c35-28(30-11-12-33-13-17-36-18-14-33)25-3-1-2-4-26(25)31-23-9-10-29-27(21-23)32-22-5-7-24(8-6-22)34-15-19-37-20-16-34/h1-10,21H,11-20H2,(H,30,35)(H2,29,31,32). The number of hydrogen-bond donors (Lipinski definition) is 3. The fraction of sp³-hybridized carbons (Fsp3) is 0.357. The molecule has 9 nitrogen and oxygen atoms in total. The van der Waals surface area contributed by atoms with E-state index in [1.54, 1.807) is 6.20 Å². The van der Waals surface area contributed by atoms with E-state index in [4.69, 9.17) is 9.47 Å². The molecule has 2 aromatic carbocycles. The summed E-state index contributed by atoms with van der Waals surface area (Å²) in [7, 11) is 0. The van der Waals surface area contributed by atoms with Crippen LogP contribution in [0.25, 0.3) is 0 Å². The Balaban J connectivity index is 1.19. The molecule has 1 amide bonds. The van der Waals surface area contributed by atoms with Gasteiger partial charge in [0.25, 0.3) is 5.91 Å². The number of hydrogen-bond acceptors (Lipinski definition) is 8. The van der Waals surface area contributed by atoms with Crippen molar-refractivity contribution in [2.24, 2.45) is 0 Å². The molecular formula is C28H34N6O3. The number of benzene rings is 2. The van der Waals surface area contributed by atoms with E-state index in [1.807, 2.05) is 36.4 Å². The normalized spacial score (nSPS) is 16.3. The Morgan fingerprint density at radius 1 is 0.838 bits per heavy atom. The summed E-state index contributed by atoms with van der Waals surface area (Å²) < 4.78 is 10.8. The average Bonchev–Trinajstić information content (AvgIpc) is 2.95. The molecule has 0 unspecified atom stereocenters. The molecule has 5 rings (SSSR count). The monoisotopic (exact) mass is 502 g/mol. The smallest absolute Gasteiger partial charge is 0.253 e. The topological polar surface area (TPSA) is 91.0 Å². The van der Waals surface area contributed by atoms with Gasteiger partial charge in [-0.2, -0.15) is 0 Å². The van der Waals surface area contributed by atoms with Gasteiger partial charge in [-0.05, 0) is 42.5 Å². The molecule has 3 heterocycles. The summed E-state index contributed by atoms with van der Waals surface area (Å²) >= 11 is 0. The summed E-state index contributed by atoms with van der Waals surface area (Å²) in [5, 5.41) is 9.80. The van der Waals surface area contributed by atoms with Crippen LogP contribution >= 0.6 is 0 Å². The van der Waals surface area contributed by atoms with Crippen LogP contribution in [0.3, 0.4) is 0 Å². The van der Waals surface area contributed by atoms with Gasteiger partial charge in [-0.3, -0.25) is 9.69 Å². The Morgan fingerprint density at radius 2 is 1.57 bits per heavy atom. The van der Waals surface area contributed by atoms with E-state index in [2.05, 4.69) is 55.0 Å². The highest BCUT2D eigenvalue weighted by molar-refractivity contribution is 6.00. The number of morpholine rings is 2. The number of carbonyl (C=O) groups is 1. The molecular weight excluding hydrogens is 468 g/mol. The van der Waals surface area contributed by atoms with Crippen LogP contribution in [0.2, 0.25) is 0 Å². The molecule has 9 heteroatoms. The van der Waals surface area contributed by atoms with Crippen LogP contribution in [-0.4, -0.2) is 81.5 Å². The fourth-order valence-corrected chi connectivity index (χ4v) is 4.49. The van der Waals surface area contributed by atoms with E-state index in [0.717, 1.165) is 82.0 Å². The first-order valence-electron chi connectivity index (χ1n) is 12.8. The number of pyridine rings is 1. The lowest BCUT2D eigenvalue weighted by Gasteiger charge is -2.28. The van der Waals surface area contributed by atoms with Crippen LogP contribution in [-0.2, 0) is 9.47 Å². The minimum Gasteiger partial charge on any atom is -0.379 e. The summed E-state index contributed by atoms with van der Waals surface area (Å²) in [6.45, 7) is 8.09. The zero-order valence-electron chi connectivity index (χ0n) is 21.0. The van der Waals surface area contributed by atoms with Crippen LogP contribution in [0.15, 0.2) is 66.9 Å². The summed E-state index contributed by atoms with van der Waals surface area (Å²) in [6.07, 6.45) is 1.75. The minimum atomic E-state index is -0.0934. The number of nitrogens with one attached hydrogen (secondary N) is 3. The Kier molecular flexibility index (Phi) is 8.47. The predicted molar refractivity (Wildman–Crippen MR) is 146 cm³/mol. The fourth-order valence-electron chi connectivity index (χ4n) is 4.49. The van der Waals surface area contributed by atoms with Crippen molar-refractivity contribution in [2.75, 3.05) is 81.2 Å². The number of nitrogens with zero attached hydrogens (tertiary/aromatic N) is 3. The molecule has 0 radical (unpaired) electrons. The van der Waals surface area contributed by atoms with E-state index in [1.165, 1.54) is 5.69 Å². The van der Waals surface area contributed by atoms with Gasteiger partial charge in [0.05, 0.1) is 37.7 Å². The molecule has 1 aromatic heterocycles. The van der Waals surface area contributed by atoms with Crippen molar-refractivity contribution < 1.29 is 14.3 Å². The quantitative estimate of drug-likeness (QED) is 0.410. The van der Waals surface area contributed by atoms with E-state index in [0.29, 0.717) is 12.1 Å². The lowest BCUT2D eigenvalue weighted by atomic mass is 10.1. The van der Waals surface area contributed by atoms with Crippen LogP contribution in [0, 0.1) is 0 Å². The van der Waals surface area contributed by atoms with Crippen LogP contribution in [0.4, 0.5) is 28.6 Å². The Labute approximate surface area is 217 Å². The number of para-hydroxylation sites is 1. The first kappa shape index (κ1) is 25.0. The van der Waals surface area contributed by atoms with Gasteiger partial charge >= 0.3 is 0 Å². The van der Waals surface area contributed by atoms with E-state index in [9.17, 15) is 4.79 Å². The number of aromatic nitrogens is 1. The Bertz CT molecular complexity index is 1160. The number of carbonyl (C=O) groups excluding carboxylic acids is 1. The molecule has 194 valence electrons. The van der Waals surface area contributed by atoms with Gasteiger partial charge in [-0.1, -0.05) is 12.1 Å². The molecule has 2 aliphatic heterocycles. The third-order valence-electron chi connectivity index (χ3n) is 6.54. The number of ether oxygens (including phenoxy) is 2. The van der Waals surface area contributed by atoms with Crippen molar-refractivity contribution in [3.05, 3.63) is 72.4 Å². The van der Waals surface area contributed by atoms with Gasteiger partial charge in [0.1, 0.15) is 5.82 Å². The van der Waals surface area contributed by atoms with Crippen molar-refractivity contribution in [1.82, 2.24) is 15.2 Å². The largest absolute Gasteiger partial charge is 0.379 e. The molecule has 2 fully saturated rings. The maximum Gasteiger partial charge on any atom is 0.253 e. The van der Waals surface area contributed by atoms with Gasteiger partial charge < -0.3 is 30.3 Å². The minimum absolute atomic E-state index is 0.0934. The number of amides is 1. The third kappa shape index (κ3) is 6.97. The summed E-state index contributed by atoms with van der Waals surface area (Å²) in [6, 6.07) is 19.7. The second-order valence-corrected chi connectivity index (χ2v) is 9.08. The maximum atomic E-state index is 12.9. The molecule has 0 aliphatic carbocycles. The van der Waals surface area contributed by atoms with Gasteiger partial charge in [0.15, 0.2) is 0 Å². The van der Waals surface area contributed by atoms with Crippen molar-refractivity contribution in [3.63, 3.8) is 0 Å². The predicted octanol–water partition coefficient (Wildman–Crippen LogP) is 3.47. The van der Waals surface area contributed by atoms with Crippen LogP contribution in [0.5, 0.6) is 0 Å². The summed E-state index contributed by atoms with van der Waals surface area (Å²) in [5.74, 6) is 0.626. The Hall–Kier alpha value is -3.66. The zero-order valence-corrected chi connectivity index (χ0v) is 21.0. The molecule has 0 spiro atoms. The van der Waals surface area contributed by atoms with Crippen molar-refractivity contribution in [1.29, 1.82) is 0 Å². The van der Waals surface area contributed by atoms with Gasteiger partial charge in [0.2, 0.25) is 0 Å². The van der Waals surface area contributed by atoms with Crippen molar-refractivity contribution in [3.8, 4) is 0 Å². The third-order valence-corrected chi connectivity index (χ3v) is 6.54. The molecule has 0 saturated carbocycles. The van der Waals surface area contributed by atoms with Crippen LogP contribution in [0.1, 0.15) is 10.4 Å². The average molecular weight is 503 g/mol. The van der Waals surface area contributed by atoms with Crippen LogP contribution < -0.4 is 20.9 Å². The second kappa shape index (κ2) is 12.5. The molecule has 0 atom stereocenters. The first-order chi connectivity index (χ1) is 18.2. The zero-order chi connectivity index (χ0) is 25.3. The highest BCUT2D eigenvalue weighted by Crippen LogP contribution is 2.25. The highest BCUT2D eigenvalue weighted by Gasteiger charge is 2.14. The maximum absolute atomic E-state index is 12.9. The van der Waals surface area contributed by atoms with E-state index >= 15 is 0 Å². The van der Waals surface area contributed by atoms with E-state index < -0.39 is 0 Å². The molecule has 2 saturated heterocycles.